The highest BCUT2D eigenvalue weighted by atomic mass is 16.5. The maximum atomic E-state index is 13.5. The van der Waals surface area contributed by atoms with Crippen molar-refractivity contribution in [1.29, 1.82) is 0 Å². The van der Waals surface area contributed by atoms with Crippen molar-refractivity contribution < 1.29 is 33.3 Å². The molecule has 0 fully saturated rings. The second kappa shape index (κ2) is 14.4. The molecule has 0 aliphatic carbocycles. The van der Waals surface area contributed by atoms with Crippen molar-refractivity contribution >= 4 is 17.8 Å². The number of rotatable bonds is 12. The van der Waals surface area contributed by atoms with E-state index in [9.17, 15) is 14.4 Å². The number of para-hydroxylation sites is 1. The molecule has 2 amide bonds. The van der Waals surface area contributed by atoms with Gasteiger partial charge in [0.25, 0.3) is 0 Å². The third kappa shape index (κ3) is 7.54. The monoisotopic (exact) mass is 586 g/mol. The lowest BCUT2D eigenvalue weighted by Gasteiger charge is -2.35. The molecule has 226 valence electrons. The number of carbonyl (C=O) groups excluding carboxylic acids is 3. The third-order valence-electron chi connectivity index (χ3n) is 7.46. The number of likely N-dealkylation sites (N-methyl/N-ethyl adjacent to an activating group) is 1. The number of benzene rings is 3. The van der Waals surface area contributed by atoms with Crippen LogP contribution in [-0.2, 0) is 25.5 Å². The van der Waals surface area contributed by atoms with Gasteiger partial charge in [-0.15, -0.1) is 0 Å². The zero-order valence-electron chi connectivity index (χ0n) is 25.3. The molecule has 1 aliphatic heterocycles. The van der Waals surface area contributed by atoms with Crippen LogP contribution in [0.5, 0.6) is 23.0 Å². The summed E-state index contributed by atoms with van der Waals surface area (Å²) in [4.78, 5) is 42.9. The van der Waals surface area contributed by atoms with E-state index in [4.69, 9.17) is 18.9 Å². The molecule has 9 nitrogen and oxygen atoms in total. The second-order valence-corrected chi connectivity index (χ2v) is 10.2. The Balaban J connectivity index is 1.52. The average molecular weight is 587 g/mol. The van der Waals surface area contributed by atoms with Crippen molar-refractivity contribution in [2.45, 2.75) is 32.6 Å². The lowest BCUT2D eigenvalue weighted by molar-refractivity contribution is -0.142. The fraction of sp³-hybridized carbons (Fsp3) is 0.324. The van der Waals surface area contributed by atoms with E-state index in [0.717, 1.165) is 11.1 Å². The molecule has 1 unspecified atom stereocenters. The van der Waals surface area contributed by atoms with E-state index in [1.54, 1.807) is 40.0 Å². The molecule has 9 heteroatoms. The number of nitrogens with zero attached hydrogens (tertiary/aromatic N) is 2. The zero-order valence-corrected chi connectivity index (χ0v) is 25.3. The fourth-order valence-corrected chi connectivity index (χ4v) is 5.09. The number of allylic oxidation sites excluding steroid dienone is 1. The summed E-state index contributed by atoms with van der Waals surface area (Å²) >= 11 is 0. The van der Waals surface area contributed by atoms with Gasteiger partial charge in [0.2, 0.25) is 11.8 Å². The first kappa shape index (κ1) is 31.2. The smallest absolute Gasteiger partial charge is 0.336 e. The first-order chi connectivity index (χ1) is 20.7. The van der Waals surface area contributed by atoms with Crippen molar-refractivity contribution in [3.05, 3.63) is 95.2 Å². The number of amides is 2. The highest BCUT2D eigenvalue weighted by molar-refractivity contribution is 5.97. The normalized spacial score (nSPS) is 14.8. The summed E-state index contributed by atoms with van der Waals surface area (Å²) in [6.07, 6.45) is 0.603. The van der Waals surface area contributed by atoms with Crippen LogP contribution in [0.2, 0.25) is 0 Å². The quantitative estimate of drug-likeness (QED) is 0.264. The first-order valence-electron chi connectivity index (χ1n) is 14.2. The van der Waals surface area contributed by atoms with Gasteiger partial charge in [0.15, 0.2) is 11.5 Å². The van der Waals surface area contributed by atoms with Crippen LogP contribution in [0.3, 0.4) is 0 Å². The Hall–Kier alpha value is -4.79. The molecule has 0 N–H and O–H groups in total. The summed E-state index contributed by atoms with van der Waals surface area (Å²) in [5, 5.41) is 0. The second-order valence-electron chi connectivity index (χ2n) is 10.2. The van der Waals surface area contributed by atoms with Crippen LogP contribution in [0.4, 0.5) is 0 Å². The Kier molecular flexibility index (Phi) is 10.4. The van der Waals surface area contributed by atoms with Gasteiger partial charge in [-0.05, 0) is 67.8 Å². The van der Waals surface area contributed by atoms with Crippen LogP contribution < -0.4 is 14.2 Å². The zero-order chi connectivity index (χ0) is 30.9. The van der Waals surface area contributed by atoms with E-state index in [1.165, 1.54) is 4.90 Å². The van der Waals surface area contributed by atoms with Gasteiger partial charge in [0, 0.05) is 31.6 Å². The SMILES string of the molecule is CCOC(=O)C1=C(C)N(CC(=O)N(C)CCc2ccc(OC)c(OC)c2)C(=O)CC1c1cccc(Oc2ccccc2)c1. The van der Waals surface area contributed by atoms with Crippen LogP contribution in [0, 0.1) is 0 Å². The Bertz CT molecular complexity index is 1490. The van der Waals surface area contributed by atoms with Crippen molar-refractivity contribution in [2.24, 2.45) is 0 Å². The number of esters is 1. The molecule has 0 aromatic heterocycles. The molecule has 0 radical (unpaired) electrons. The van der Waals surface area contributed by atoms with Gasteiger partial charge in [-0.3, -0.25) is 9.59 Å². The number of hydrogen-bond acceptors (Lipinski definition) is 7. The van der Waals surface area contributed by atoms with E-state index in [-0.39, 0.29) is 31.4 Å². The Morgan fingerprint density at radius 2 is 1.65 bits per heavy atom. The van der Waals surface area contributed by atoms with Gasteiger partial charge in [0.1, 0.15) is 18.0 Å². The Morgan fingerprint density at radius 1 is 0.930 bits per heavy atom. The van der Waals surface area contributed by atoms with Gasteiger partial charge < -0.3 is 28.7 Å². The van der Waals surface area contributed by atoms with Crippen molar-refractivity contribution in [2.75, 3.05) is 41.0 Å². The fourth-order valence-electron chi connectivity index (χ4n) is 5.09. The minimum Gasteiger partial charge on any atom is -0.493 e. The van der Waals surface area contributed by atoms with E-state index >= 15 is 0 Å². The lowest BCUT2D eigenvalue weighted by Crippen LogP contribution is -2.45. The lowest BCUT2D eigenvalue weighted by atomic mass is 9.83. The third-order valence-corrected chi connectivity index (χ3v) is 7.46. The summed E-state index contributed by atoms with van der Waals surface area (Å²) in [5.74, 6) is 0.979. The van der Waals surface area contributed by atoms with Gasteiger partial charge in [0.05, 0.1) is 26.4 Å². The van der Waals surface area contributed by atoms with E-state index in [1.807, 2.05) is 72.8 Å². The molecule has 4 rings (SSSR count). The molecule has 3 aromatic carbocycles. The molecule has 43 heavy (non-hydrogen) atoms. The molecule has 1 aliphatic rings. The van der Waals surface area contributed by atoms with Crippen LogP contribution >= 0.6 is 0 Å². The predicted octanol–water partition coefficient (Wildman–Crippen LogP) is 5.35. The number of carbonyl (C=O) groups is 3. The van der Waals surface area contributed by atoms with Gasteiger partial charge in [-0.25, -0.2) is 4.79 Å². The van der Waals surface area contributed by atoms with E-state index in [0.29, 0.717) is 47.2 Å². The van der Waals surface area contributed by atoms with Crippen molar-refractivity contribution in [3.63, 3.8) is 0 Å². The van der Waals surface area contributed by atoms with Crippen LogP contribution in [0.15, 0.2) is 84.1 Å². The Morgan fingerprint density at radius 3 is 2.35 bits per heavy atom. The summed E-state index contributed by atoms with van der Waals surface area (Å²) in [6.45, 7) is 3.86. The van der Waals surface area contributed by atoms with Gasteiger partial charge in [-0.2, -0.15) is 0 Å². The summed E-state index contributed by atoms with van der Waals surface area (Å²) in [5.41, 5.74) is 2.50. The first-order valence-corrected chi connectivity index (χ1v) is 14.2. The van der Waals surface area contributed by atoms with Crippen molar-refractivity contribution in [3.8, 4) is 23.0 Å². The maximum absolute atomic E-state index is 13.5. The molecular formula is C34H38N2O7. The predicted molar refractivity (Wildman–Crippen MR) is 162 cm³/mol. The van der Waals surface area contributed by atoms with E-state index in [2.05, 4.69) is 0 Å². The highest BCUT2D eigenvalue weighted by Crippen LogP contribution is 2.38. The average Bonchev–Trinajstić information content (AvgIpc) is 3.01. The van der Waals surface area contributed by atoms with Gasteiger partial charge in [-0.1, -0.05) is 36.4 Å². The summed E-state index contributed by atoms with van der Waals surface area (Å²) in [6, 6.07) is 22.4. The van der Waals surface area contributed by atoms with Crippen LogP contribution in [-0.4, -0.2) is 68.5 Å². The minimum atomic E-state index is -0.542. The molecular weight excluding hydrogens is 548 g/mol. The largest absolute Gasteiger partial charge is 0.493 e. The molecule has 3 aromatic rings. The molecule has 1 heterocycles. The number of methoxy groups -OCH3 is 2. The minimum absolute atomic E-state index is 0.0168. The van der Waals surface area contributed by atoms with Crippen molar-refractivity contribution in [1.82, 2.24) is 9.80 Å². The molecule has 0 saturated carbocycles. The molecule has 0 bridgehead atoms. The topological polar surface area (TPSA) is 94.6 Å². The van der Waals surface area contributed by atoms with Gasteiger partial charge >= 0.3 is 5.97 Å². The summed E-state index contributed by atoms with van der Waals surface area (Å²) in [7, 11) is 4.85. The van der Waals surface area contributed by atoms with Crippen LogP contribution in [0.25, 0.3) is 0 Å². The molecule has 0 saturated heterocycles. The van der Waals surface area contributed by atoms with Crippen LogP contribution in [0.1, 0.15) is 37.3 Å². The molecule has 1 atom stereocenters. The Labute approximate surface area is 252 Å². The highest BCUT2D eigenvalue weighted by Gasteiger charge is 2.38. The standard InChI is InChI=1S/C34H38N2O7/c1-6-42-34(39)33-23(2)36(22-32(38)35(3)18-17-24-15-16-29(40-4)30(19-24)41-5)31(37)21-28(33)25-11-10-14-27(20-25)43-26-12-8-7-9-13-26/h7-16,19-20,28H,6,17-18,21-22H2,1-5H3. The number of ether oxygens (including phenoxy) is 4. The maximum Gasteiger partial charge on any atom is 0.336 e. The van der Waals surface area contributed by atoms with E-state index < -0.39 is 11.9 Å². The molecule has 0 spiro atoms. The number of hydrogen-bond donors (Lipinski definition) is 0. The summed E-state index contributed by atoms with van der Waals surface area (Å²) < 4.78 is 22.1.